The highest BCUT2D eigenvalue weighted by molar-refractivity contribution is 9.10. The first-order chi connectivity index (χ1) is 10.1. The predicted octanol–water partition coefficient (Wildman–Crippen LogP) is 2.22. The van der Waals surface area contributed by atoms with E-state index in [0.717, 1.165) is 16.5 Å². The van der Waals surface area contributed by atoms with Crippen LogP contribution in [-0.4, -0.2) is 29.3 Å². The van der Waals surface area contributed by atoms with Gasteiger partial charge in [-0.25, -0.2) is 0 Å². The fourth-order valence-corrected chi connectivity index (χ4v) is 2.39. The Kier molecular flexibility index (Phi) is 7.58. The number of hydrogen-bond donors (Lipinski definition) is 2. The maximum Gasteiger partial charge on any atom is 0.241 e. The Morgan fingerprint density at radius 3 is 2.59 bits per heavy atom. The molecule has 0 saturated heterocycles. The number of rotatable bonds is 6. The average Bonchev–Trinajstić information content (AvgIpc) is 2.88. The SMILES string of the molecule is CNC(C(=O)NCCc1ccc(Br)cc1)c1cnn(C)c1.Cl. The number of carbonyl (C=O) groups excluding carboxylic acids is 1. The van der Waals surface area contributed by atoms with Crippen LogP contribution in [0.15, 0.2) is 41.1 Å². The highest BCUT2D eigenvalue weighted by Crippen LogP contribution is 2.12. The van der Waals surface area contributed by atoms with Crippen LogP contribution in [0.3, 0.4) is 0 Å². The van der Waals surface area contributed by atoms with E-state index in [1.807, 2.05) is 37.5 Å². The van der Waals surface area contributed by atoms with Gasteiger partial charge in [0.1, 0.15) is 6.04 Å². The Labute approximate surface area is 145 Å². The van der Waals surface area contributed by atoms with E-state index in [0.29, 0.717) is 6.54 Å². The minimum absolute atomic E-state index is 0. The van der Waals surface area contributed by atoms with E-state index in [-0.39, 0.29) is 24.4 Å². The molecule has 1 atom stereocenters. The third kappa shape index (κ3) is 5.12. The molecule has 1 amide bonds. The van der Waals surface area contributed by atoms with E-state index < -0.39 is 0 Å². The van der Waals surface area contributed by atoms with E-state index in [2.05, 4.69) is 31.7 Å². The molecule has 2 aromatic rings. The molecule has 120 valence electrons. The number of amides is 1. The number of nitrogens with one attached hydrogen (secondary N) is 2. The second kappa shape index (κ2) is 8.92. The summed E-state index contributed by atoms with van der Waals surface area (Å²) in [7, 11) is 3.60. The first kappa shape index (κ1) is 18.7. The topological polar surface area (TPSA) is 59.0 Å². The Balaban J connectivity index is 0.00000242. The molecule has 1 unspecified atom stereocenters. The first-order valence-corrected chi connectivity index (χ1v) is 7.57. The van der Waals surface area contributed by atoms with Crippen LogP contribution >= 0.6 is 28.3 Å². The van der Waals surface area contributed by atoms with Crippen molar-refractivity contribution in [1.29, 1.82) is 0 Å². The van der Waals surface area contributed by atoms with Gasteiger partial charge < -0.3 is 10.6 Å². The lowest BCUT2D eigenvalue weighted by molar-refractivity contribution is -0.123. The van der Waals surface area contributed by atoms with Crippen molar-refractivity contribution in [3.63, 3.8) is 0 Å². The van der Waals surface area contributed by atoms with Crippen molar-refractivity contribution in [2.45, 2.75) is 12.5 Å². The number of aryl methyl sites for hydroxylation is 1. The molecule has 1 aromatic heterocycles. The second-order valence-electron chi connectivity index (χ2n) is 4.84. The molecule has 0 saturated carbocycles. The molecule has 5 nitrogen and oxygen atoms in total. The molecule has 0 fully saturated rings. The Morgan fingerprint density at radius 2 is 2.05 bits per heavy atom. The molecule has 2 rings (SSSR count). The molecule has 1 aromatic carbocycles. The lowest BCUT2D eigenvalue weighted by atomic mass is 10.1. The Hall–Kier alpha value is -1.37. The Morgan fingerprint density at radius 1 is 1.36 bits per heavy atom. The molecule has 1 heterocycles. The zero-order valence-corrected chi connectivity index (χ0v) is 14.9. The van der Waals surface area contributed by atoms with Crippen LogP contribution in [-0.2, 0) is 18.3 Å². The summed E-state index contributed by atoms with van der Waals surface area (Å²) in [6.07, 6.45) is 4.35. The molecule has 22 heavy (non-hydrogen) atoms. The van der Waals surface area contributed by atoms with Crippen molar-refractivity contribution in [1.82, 2.24) is 20.4 Å². The van der Waals surface area contributed by atoms with Crippen LogP contribution in [0.5, 0.6) is 0 Å². The van der Waals surface area contributed by atoms with Gasteiger partial charge in [-0.3, -0.25) is 9.48 Å². The first-order valence-electron chi connectivity index (χ1n) is 6.78. The molecule has 0 aliphatic rings. The van der Waals surface area contributed by atoms with E-state index in [1.165, 1.54) is 5.56 Å². The zero-order valence-electron chi connectivity index (χ0n) is 12.5. The van der Waals surface area contributed by atoms with Crippen molar-refractivity contribution in [2.24, 2.45) is 7.05 Å². The molecule has 0 bridgehead atoms. The van der Waals surface area contributed by atoms with Gasteiger partial charge in [0.25, 0.3) is 0 Å². The third-order valence-electron chi connectivity index (χ3n) is 3.24. The van der Waals surface area contributed by atoms with Gasteiger partial charge in [0.15, 0.2) is 0 Å². The number of carbonyl (C=O) groups is 1. The maximum atomic E-state index is 12.2. The second-order valence-corrected chi connectivity index (χ2v) is 5.75. The monoisotopic (exact) mass is 386 g/mol. The van der Waals surface area contributed by atoms with Crippen molar-refractivity contribution < 1.29 is 4.79 Å². The van der Waals surface area contributed by atoms with Crippen molar-refractivity contribution in [3.05, 3.63) is 52.3 Å². The third-order valence-corrected chi connectivity index (χ3v) is 3.76. The lowest BCUT2D eigenvalue weighted by Crippen LogP contribution is -2.36. The summed E-state index contributed by atoms with van der Waals surface area (Å²) < 4.78 is 2.75. The maximum absolute atomic E-state index is 12.2. The average molecular weight is 388 g/mol. The number of nitrogens with zero attached hydrogens (tertiary/aromatic N) is 2. The summed E-state index contributed by atoms with van der Waals surface area (Å²) in [4.78, 5) is 12.2. The molecule has 0 aliphatic carbocycles. The fourth-order valence-electron chi connectivity index (χ4n) is 2.12. The van der Waals surface area contributed by atoms with Gasteiger partial charge in [-0.2, -0.15) is 5.10 Å². The largest absolute Gasteiger partial charge is 0.354 e. The quantitative estimate of drug-likeness (QED) is 0.799. The summed E-state index contributed by atoms with van der Waals surface area (Å²) in [5, 5.41) is 10.1. The van der Waals surface area contributed by atoms with Crippen molar-refractivity contribution in [3.8, 4) is 0 Å². The van der Waals surface area contributed by atoms with E-state index in [1.54, 1.807) is 17.9 Å². The van der Waals surface area contributed by atoms with Crippen molar-refractivity contribution in [2.75, 3.05) is 13.6 Å². The lowest BCUT2D eigenvalue weighted by Gasteiger charge is -2.14. The van der Waals surface area contributed by atoms with Gasteiger partial charge >= 0.3 is 0 Å². The van der Waals surface area contributed by atoms with Gasteiger partial charge in [-0.05, 0) is 31.2 Å². The standard InChI is InChI=1S/C15H19BrN4O.ClH/c1-17-14(12-9-19-20(2)10-12)15(21)18-8-7-11-3-5-13(16)6-4-11;/h3-6,9-10,14,17H,7-8H2,1-2H3,(H,18,21);1H. The summed E-state index contributed by atoms with van der Waals surface area (Å²) in [5.41, 5.74) is 2.06. The molecule has 2 N–H and O–H groups in total. The molecule has 0 spiro atoms. The normalized spacial score (nSPS) is 11.6. The van der Waals surface area contributed by atoms with Crippen LogP contribution in [0.25, 0.3) is 0 Å². The molecule has 0 radical (unpaired) electrons. The Bertz CT molecular complexity index is 600. The minimum atomic E-state index is -0.372. The zero-order chi connectivity index (χ0) is 15.2. The number of likely N-dealkylation sites (N-methyl/N-ethyl adjacent to an activating group) is 1. The molecule has 7 heteroatoms. The van der Waals surface area contributed by atoms with Gasteiger partial charge in [0.05, 0.1) is 6.20 Å². The van der Waals surface area contributed by atoms with E-state index >= 15 is 0 Å². The van der Waals surface area contributed by atoms with Crippen LogP contribution in [0, 0.1) is 0 Å². The molecular formula is C15H20BrClN4O. The van der Waals surface area contributed by atoms with Gasteiger partial charge in [-0.15, -0.1) is 12.4 Å². The van der Waals surface area contributed by atoms with Gasteiger partial charge in [0.2, 0.25) is 5.91 Å². The number of halogens is 2. The van der Waals surface area contributed by atoms with Gasteiger partial charge in [0, 0.05) is 29.8 Å². The van der Waals surface area contributed by atoms with Crippen LogP contribution in [0.1, 0.15) is 17.2 Å². The van der Waals surface area contributed by atoms with E-state index in [4.69, 9.17) is 0 Å². The smallest absolute Gasteiger partial charge is 0.241 e. The molecular weight excluding hydrogens is 368 g/mol. The number of benzene rings is 1. The summed E-state index contributed by atoms with van der Waals surface area (Å²) in [6.45, 7) is 0.610. The van der Waals surface area contributed by atoms with Crippen LogP contribution in [0.4, 0.5) is 0 Å². The van der Waals surface area contributed by atoms with Crippen LogP contribution in [0.2, 0.25) is 0 Å². The summed E-state index contributed by atoms with van der Waals surface area (Å²) in [6, 6.07) is 7.73. The highest BCUT2D eigenvalue weighted by Gasteiger charge is 2.19. The number of hydrogen-bond acceptors (Lipinski definition) is 3. The highest BCUT2D eigenvalue weighted by atomic mass is 79.9. The number of aromatic nitrogens is 2. The minimum Gasteiger partial charge on any atom is -0.354 e. The van der Waals surface area contributed by atoms with Crippen LogP contribution < -0.4 is 10.6 Å². The predicted molar refractivity (Wildman–Crippen MR) is 93.1 cm³/mol. The fraction of sp³-hybridized carbons (Fsp3) is 0.333. The summed E-state index contributed by atoms with van der Waals surface area (Å²) in [5.74, 6) is -0.0392. The van der Waals surface area contributed by atoms with E-state index in [9.17, 15) is 4.79 Å². The van der Waals surface area contributed by atoms with Gasteiger partial charge in [-0.1, -0.05) is 28.1 Å². The summed E-state index contributed by atoms with van der Waals surface area (Å²) >= 11 is 3.41. The van der Waals surface area contributed by atoms with Crippen molar-refractivity contribution >= 4 is 34.2 Å². The molecule has 0 aliphatic heterocycles.